The predicted octanol–water partition coefficient (Wildman–Crippen LogP) is 3.01. The molecule has 1 atom stereocenters. The summed E-state index contributed by atoms with van der Waals surface area (Å²) in [6.45, 7) is 6.17. The zero-order valence-electron chi connectivity index (χ0n) is 11.6. The summed E-state index contributed by atoms with van der Waals surface area (Å²) in [6.07, 6.45) is 3.85. The van der Waals surface area contributed by atoms with Crippen LogP contribution in [-0.4, -0.2) is 17.1 Å². The molecule has 0 bridgehead atoms. The Balaban J connectivity index is 0.00000137. The molecule has 3 heteroatoms. The van der Waals surface area contributed by atoms with E-state index >= 15 is 0 Å². The molecule has 1 unspecified atom stereocenters. The third kappa shape index (κ3) is 6.40. The van der Waals surface area contributed by atoms with Crippen molar-refractivity contribution in [3.05, 3.63) is 35.4 Å². The molecule has 0 spiro atoms. The molecule has 0 aliphatic carbocycles. The van der Waals surface area contributed by atoms with Crippen molar-refractivity contribution in [2.45, 2.75) is 52.5 Å². The van der Waals surface area contributed by atoms with Crippen LogP contribution in [0.1, 0.15) is 44.7 Å². The van der Waals surface area contributed by atoms with Gasteiger partial charge in [0.15, 0.2) is 0 Å². The van der Waals surface area contributed by atoms with Crippen LogP contribution >= 0.6 is 0 Å². The highest BCUT2D eigenvalue weighted by Gasteiger charge is 2.11. The number of nitrogens with two attached hydrogens (primary N) is 1. The molecule has 3 nitrogen and oxygen atoms in total. The third-order valence-electron chi connectivity index (χ3n) is 2.61. The zero-order valence-corrected chi connectivity index (χ0v) is 11.6. The first-order chi connectivity index (χ1) is 8.63. The molecule has 0 aliphatic rings. The molecule has 0 saturated heterocycles. The molecule has 1 rings (SSSR count). The van der Waals surface area contributed by atoms with Gasteiger partial charge in [0.25, 0.3) is 0 Å². The third-order valence-corrected chi connectivity index (χ3v) is 2.61. The van der Waals surface area contributed by atoms with E-state index in [2.05, 4.69) is 19.1 Å². The lowest BCUT2D eigenvalue weighted by Gasteiger charge is -2.07. The van der Waals surface area contributed by atoms with Gasteiger partial charge in [0.05, 0.1) is 0 Å². The molecule has 0 fully saturated rings. The maximum atomic E-state index is 10.6. The topological polar surface area (TPSA) is 63.3 Å². The van der Waals surface area contributed by atoms with E-state index in [1.165, 1.54) is 18.4 Å². The van der Waals surface area contributed by atoms with Crippen LogP contribution in [0.25, 0.3) is 0 Å². The highest BCUT2D eigenvalue weighted by atomic mass is 16.4. The molecule has 0 heterocycles. The van der Waals surface area contributed by atoms with Crippen molar-refractivity contribution >= 4 is 5.97 Å². The SMILES string of the molecule is CC.CCCCc1ccc(CC(N)C(=O)O)cc1. The number of rotatable bonds is 6. The van der Waals surface area contributed by atoms with Crippen LogP contribution in [0.3, 0.4) is 0 Å². The number of carboxylic acids is 1. The van der Waals surface area contributed by atoms with Gasteiger partial charge in [-0.2, -0.15) is 0 Å². The summed E-state index contributed by atoms with van der Waals surface area (Å²) in [5.74, 6) is -0.949. The minimum atomic E-state index is -0.949. The lowest BCUT2D eigenvalue weighted by molar-refractivity contribution is -0.138. The van der Waals surface area contributed by atoms with E-state index in [4.69, 9.17) is 10.8 Å². The van der Waals surface area contributed by atoms with Gasteiger partial charge in [-0.25, -0.2) is 0 Å². The predicted molar refractivity (Wildman–Crippen MR) is 75.7 cm³/mol. The number of benzene rings is 1. The Kier molecular flexibility index (Phi) is 8.93. The van der Waals surface area contributed by atoms with Crippen molar-refractivity contribution in [2.24, 2.45) is 5.73 Å². The van der Waals surface area contributed by atoms with E-state index < -0.39 is 12.0 Å². The Bertz CT molecular complexity index is 333. The Morgan fingerprint density at radius 2 is 1.72 bits per heavy atom. The normalized spacial score (nSPS) is 11.3. The lowest BCUT2D eigenvalue weighted by atomic mass is 10.0. The molecule has 102 valence electrons. The minimum absolute atomic E-state index is 0.392. The molecule has 0 aliphatic heterocycles. The monoisotopic (exact) mass is 251 g/mol. The van der Waals surface area contributed by atoms with E-state index in [1.54, 1.807) is 0 Å². The first-order valence-electron chi connectivity index (χ1n) is 6.69. The van der Waals surface area contributed by atoms with E-state index in [-0.39, 0.29) is 0 Å². The molecule has 1 aromatic rings. The number of hydrogen-bond donors (Lipinski definition) is 2. The molecule has 1 aromatic carbocycles. The van der Waals surface area contributed by atoms with Crippen LogP contribution in [0.4, 0.5) is 0 Å². The van der Waals surface area contributed by atoms with E-state index in [0.29, 0.717) is 6.42 Å². The molecular formula is C15H25NO2. The average Bonchev–Trinajstić information content (AvgIpc) is 2.40. The molecular weight excluding hydrogens is 226 g/mol. The Morgan fingerprint density at radius 1 is 1.22 bits per heavy atom. The summed E-state index contributed by atoms with van der Waals surface area (Å²) in [7, 11) is 0. The Labute approximate surface area is 110 Å². The molecule has 0 aromatic heterocycles. The second-order valence-corrected chi connectivity index (χ2v) is 4.07. The summed E-state index contributed by atoms with van der Waals surface area (Å²) in [6, 6.07) is 7.24. The lowest BCUT2D eigenvalue weighted by Crippen LogP contribution is -2.32. The smallest absolute Gasteiger partial charge is 0.320 e. The van der Waals surface area contributed by atoms with Gasteiger partial charge in [0.1, 0.15) is 6.04 Å². The van der Waals surface area contributed by atoms with Crippen LogP contribution in [0.2, 0.25) is 0 Å². The van der Waals surface area contributed by atoms with E-state index in [1.807, 2.05) is 26.0 Å². The number of hydrogen-bond acceptors (Lipinski definition) is 2. The van der Waals surface area contributed by atoms with Crippen molar-refractivity contribution in [2.75, 3.05) is 0 Å². The van der Waals surface area contributed by atoms with Gasteiger partial charge in [0, 0.05) is 0 Å². The van der Waals surface area contributed by atoms with Crippen LogP contribution in [-0.2, 0) is 17.6 Å². The molecule has 0 saturated carbocycles. The minimum Gasteiger partial charge on any atom is -0.480 e. The van der Waals surface area contributed by atoms with Crippen molar-refractivity contribution < 1.29 is 9.90 Å². The summed E-state index contributed by atoms with van der Waals surface area (Å²) in [5, 5.41) is 8.69. The van der Waals surface area contributed by atoms with Gasteiger partial charge >= 0.3 is 5.97 Å². The average molecular weight is 251 g/mol. The van der Waals surface area contributed by atoms with Gasteiger partial charge < -0.3 is 10.8 Å². The molecule has 3 N–H and O–H groups in total. The van der Waals surface area contributed by atoms with Crippen molar-refractivity contribution in [3.8, 4) is 0 Å². The molecule has 18 heavy (non-hydrogen) atoms. The Hall–Kier alpha value is -1.35. The number of aliphatic carboxylic acids is 1. The molecule has 0 radical (unpaired) electrons. The molecule has 0 amide bonds. The summed E-state index contributed by atoms with van der Waals surface area (Å²) >= 11 is 0. The maximum absolute atomic E-state index is 10.6. The fraction of sp³-hybridized carbons (Fsp3) is 0.533. The van der Waals surface area contributed by atoms with Gasteiger partial charge in [-0.15, -0.1) is 0 Å². The standard InChI is InChI=1S/C13H19NO2.C2H6/c1-2-3-4-10-5-7-11(8-6-10)9-12(14)13(15)16;1-2/h5-8,12H,2-4,9,14H2,1H3,(H,15,16);1-2H3. The van der Waals surface area contributed by atoms with Crippen LogP contribution < -0.4 is 5.73 Å². The number of carbonyl (C=O) groups is 1. The van der Waals surface area contributed by atoms with Crippen molar-refractivity contribution in [1.82, 2.24) is 0 Å². The largest absolute Gasteiger partial charge is 0.480 e. The van der Waals surface area contributed by atoms with Crippen LogP contribution in [0.5, 0.6) is 0 Å². The van der Waals surface area contributed by atoms with Gasteiger partial charge in [-0.3, -0.25) is 4.79 Å². The highest BCUT2D eigenvalue weighted by molar-refractivity contribution is 5.73. The summed E-state index contributed by atoms with van der Waals surface area (Å²) in [5.41, 5.74) is 7.75. The second-order valence-electron chi connectivity index (χ2n) is 4.07. The van der Waals surface area contributed by atoms with Crippen molar-refractivity contribution in [3.63, 3.8) is 0 Å². The van der Waals surface area contributed by atoms with E-state index in [9.17, 15) is 4.79 Å². The van der Waals surface area contributed by atoms with Crippen LogP contribution in [0.15, 0.2) is 24.3 Å². The maximum Gasteiger partial charge on any atom is 0.320 e. The fourth-order valence-corrected chi connectivity index (χ4v) is 1.56. The Morgan fingerprint density at radius 3 is 2.17 bits per heavy atom. The number of carboxylic acid groups (broad SMARTS) is 1. The van der Waals surface area contributed by atoms with Gasteiger partial charge in [-0.1, -0.05) is 51.5 Å². The highest BCUT2D eigenvalue weighted by Crippen LogP contribution is 2.09. The van der Waals surface area contributed by atoms with Crippen LogP contribution in [0, 0.1) is 0 Å². The first-order valence-corrected chi connectivity index (χ1v) is 6.69. The van der Waals surface area contributed by atoms with Crippen molar-refractivity contribution in [1.29, 1.82) is 0 Å². The quantitative estimate of drug-likeness (QED) is 0.817. The fourth-order valence-electron chi connectivity index (χ4n) is 1.56. The summed E-state index contributed by atoms with van der Waals surface area (Å²) < 4.78 is 0. The zero-order chi connectivity index (χ0) is 14.0. The van der Waals surface area contributed by atoms with Gasteiger partial charge in [0.2, 0.25) is 0 Å². The first kappa shape index (κ1) is 16.6. The number of unbranched alkanes of at least 4 members (excludes halogenated alkanes) is 1. The summed E-state index contributed by atoms with van der Waals surface area (Å²) in [4.78, 5) is 10.6. The van der Waals surface area contributed by atoms with E-state index in [0.717, 1.165) is 12.0 Å². The number of aryl methyl sites for hydroxylation is 1. The van der Waals surface area contributed by atoms with Gasteiger partial charge in [-0.05, 0) is 30.4 Å². The second kappa shape index (κ2) is 9.66.